The SMILES string of the molecule is Cc1ccc(-c2nnc(NC(=O)c3ccc(S(=O)(=O)N4C[C@H](C)O[C@@H](C)C4)cc3)o2)cc1C. The fourth-order valence-corrected chi connectivity index (χ4v) is 5.28. The van der Waals surface area contributed by atoms with E-state index >= 15 is 0 Å². The Kier molecular flexibility index (Phi) is 6.33. The molecule has 1 aromatic heterocycles. The van der Waals surface area contributed by atoms with Crippen molar-refractivity contribution in [1.82, 2.24) is 14.5 Å². The zero-order valence-corrected chi connectivity index (χ0v) is 19.7. The number of carbonyl (C=O) groups is 1. The average molecular weight is 471 g/mol. The van der Waals surface area contributed by atoms with Crippen molar-refractivity contribution >= 4 is 21.9 Å². The molecule has 174 valence electrons. The van der Waals surface area contributed by atoms with Gasteiger partial charge in [-0.15, -0.1) is 5.10 Å². The lowest BCUT2D eigenvalue weighted by Crippen LogP contribution is -2.48. The van der Waals surface area contributed by atoms with Crippen LogP contribution in [0.15, 0.2) is 51.8 Å². The van der Waals surface area contributed by atoms with Crippen molar-refractivity contribution in [3.63, 3.8) is 0 Å². The van der Waals surface area contributed by atoms with Crippen LogP contribution < -0.4 is 5.32 Å². The monoisotopic (exact) mass is 470 g/mol. The molecule has 0 radical (unpaired) electrons. The molecular formula is C23H26N4O5S. The average Bonchev–Trinajstić information content (AvgIpc) is 3.23. The van der Waals surface area contributed by atoms with Crippen molar-refractivity contribution in [2.45, 2.75) is 44.8 Å². The molecular weight excluding hydrogens is 444 g/mol. The van der Waals surface area contributed by atoms with Crippen molar-refractivity contribution in [3.05, 3.63) is 59.2 Å². The van der Waals surface area contributed by atoms with Gasteiger partial charge in [0.1, 0.15) is 0 Å². The Morgan fingerprint density at radius 2 is 1.67 bits per heavy atom. The van der Waals surface area contributed by atoms with Crippen molar-refractivity contribution in [2.75, 3.05) is 18.4 Å². The highest BCUT2D eigenvalue weighted by Gasteiger charge is 2.32. The number of morpholine rings is 1. The van der Waals surface area contributed by atoms with E-state index < -0.39 is 15.9 Å². The number of sulfonamides is 1. The number of carbonyl (C=O) groups excluding carboxylic acids is 1. The summed E-state index contributed by atoms with van der Waals surface area (Å²) in [7, 11) is -3.68. The second-order valence-corrected chi connectivity index (χ2v) is 10.2. The minimum Gasteiger partial charge on any atom is -0.403 e. The fourth-order valence-electron chi connectivity index (χ4n) is 3.69. The summed E-state index contributed by atoms with van der Waals surface area (Å²) >= 11 is 0. The highest BCUT2D eigenvalue weighted by molar-refractivity contribution is 7.89. The van der Waals surface area contributed by atoms with E-state index in [-0.39, 0.29) is 41.8 Å². The van der Waals surface area contributed by atoms with Gasteiger partial charge in [-0.25, -0.2) is 8.42 Å². The number of hydrogen-bond acceptors (Lipinski definition) is 7. The van der Waals surface area contributed by atoms with Gasteiger partial charge < -0.3 is 9.15 Å². The van der Waals surface area contributed by atoms with Gasteiger partial charge in [-0.2, -0.15) is 4.31 Å². The van der Waals surface area contributed by atoms with Gasteiger partial charge in [-0.3, -0.25) is 10.1 Å². The number of anilines is 1. The van der Waals surface area contributed by atoms with Crippen molar-refractivity contribution in [3.8, 4) is 11.5 Å². The fraction of sp³-hybridized carbons (Fsp3) is 0.348. The number of aromatic nitrogens is 2. The Hall–Kier alpha value is -3.08. The second kappa shape index (κ2) is 9.05. The van der Waals surface area contributed by atoms with Crippen LogP contribution in [-0.2, 0) is 14.8 Å². The van der Waals surface area contributed by atoms with Gasteiger partial charge in [0.05, 0.1) is 17.1 Å². The first-order valence-electron chi connectivity index (χ1n) is 10.6. The quantitative estimate of drug-likeness (QED) is 0.608. The molecule has 4 rings (SSSR count). The van der Waals surface area contributed by atoms with Crippen LogP contribution in [0.4, 0.5) is 6.01 Å². The van der Waals surface area contributed by atoms with E-state index in [1.54, 1.807) is 0 Å². The molecule has 33 heavy (non-hydrogen) atoms. The third-order valence-electron chi connectivity index (χ3n) is 5.54. The predicted molar refractivity (Wildman–Crippen MR) is 122 cm³/mol. The summed E-state index contributed by atoms with van der Waals surface area (Å²) in [5, 5.41) is 10.4. The second-order valence-electron chi connectivity index (χ2n) is 8.27. The molecule has 2 atom stereocenters. The zero-order chi connectivity index (χ0) is 23.8. The van der Waals surface area contributed by atoms with Gasteiger partial charge in [0.15, 0.2) is 0 Å². The molecule has 0 spiro atoms. The molecule has 1 aliphatic heterocycles. The lowest BCUT2D eigenvalue weighted by Gasteiger charge is -2.34. The molecule has 9 nitrogen and oxygen atoms in total. The third-order valence-corrected chi connectivity index (χ3v) is 7.39. The maximum atomic E-state index is 13.0. The van der Waals surface area contributed by atoms with Crippen LogP contribution in [-0.4, -0.2) is 54.1 Å². The first-order chi connectivity index (χ1) is 15.6. The van der Waals surface area contributed by atoms with Gasteiger partial charge in [-0.1, -0.05) is 11.2 Å². The molecule has 2 aromatic carbocycles. The van der Waals surface area contributed by atoms with Crippen LogP contribution in [0.2, 0.25) is 0 Å². The van der Waals surface area contributed by atoms with Crippen LogP contribution in [0.1, 0.15) is 35.3 Å². The van der Waals surface area contributed by atoms with Crippen LogP contribution in [0.3, 0.4) is 0 Å². The van der Waals surface area contributed by atoms with Crippen LogP contribution in [0.25, 0.3) is 11.5 Å². The van der Waals surface area contributed by atoms with E-state index in [0.29, 0.717) is 5.89 Å². The Bertz CT molecular complexity index is 1260. The molecule has 0 aliphatic carbocycles. The molecule has 1 N–H and O–H groups in total. The number of ether oxygens (including phenoxy) is 1. The summed E-state index contributed by atoms with van der Waals surface area (Å²) in [5.41, 5.74) is 3.26. The van der Waals surface area contributed by atoms with Gasteiger partial charge in [0.2, 0.25) is 15.9 Å². The smallest absolute Gasteiger partial charge is 0.322 e. The lowest BCUT2D eigenvalue weighted by molar-refractivity contribution is -0.0440. The maximum Gasteiger partial charge on any atom is 0.322 e. The Labute approximate surface area is 192 Å². The molecule has 0 saturated carbocycles. The number of nitrogens with zero attached hydrogens (tertiary/aromatic N) is 3. The molecule has 10 heteroatoms. The molecule has 2 heterocycles. The summed E-state index contributed by atoms with van der Waals surface area (Å²) in [5.74, 6) is -0.188. The Morgan fingerprint density at radius 3 is 2.30 bits per heavy atom. The topological polar surface area (TPSA) is 115 Å². The van der Waals surface area contributed by atoms with Gasteiger partial charge in [0, 0.05) is 24.2 Å². The summed E-state index contributed by atoms with van der Waals surface area (Å²) in [6, 6.07) is 11.5. The van der Waals surface area contributed by atoms with E-state index in [9.17, 15) is 13.2 Å². The first kappa shape index (κ1) is 23.1. The molecule has 1 aliphatic rings. The third kappa shape index (κ3) is 4.97. The highest BCUT2D eigenvalue weighted by Crippen LogP contribution is 2.24. The summed E-state index contributed by atoms with van der Waals surface area (Å²) in [4.78, 5) is 12.7. The maximum absolute atomic E-state index is 13.0. The number of aryl methyl sites for hydroxylation is 2. The minimum absolute atomic E-state index is 0.0405. The largest absolute Gasteiger partial charge is 0.403 e. The molecule has 3 aromatic rings. The number of nitrogens with one attached hydrogen (secondary N) is 1. The number of rotatable bonds is 5. The normalized spacial score (nSPS) is 19.4. The lowest BCUT2D eigenvalue weighted by atomic mass is 10.1. The van der Waals surface area contributed by atoms with Crippen LogP contribution in [0, 0.1) is 13.8 Å². The number of hydrogen-bond donors (Lipinski definition) is 1. The molecule has 1 saturated heterocycles. The molecule has 0 bridgehead atoms. The number of amides is 1. The van der Waals surface area contributed by atoms with Gasteiger partial charge in [0.25, 0.3) is 5.91 Å². The standard InChI is InChI=1S/C23H26N4O5S/c1-14-5-6-19(11-15(14)2)22-25-26-23(32-22)24-21(28)18-7-9-20(10-8-18)33(29,30)27-12-16(3)31-17(4)13-27/h5-11,16-17H,12-13H2,1-4H3,(H,24,26,28)/t16-,17-/m0/s1. The summed E-state index contributed by atoms with van der Waals surface area (Å²) in [6.07, 6.45) is -0.367. The zero-order valence-electron chi connectivity index (χ0n) is 18.9. The van der Waals surface area contributed by atoms with Crippen molar-refractivity contribution in [1.29, 1.82) is 0 Å². The Morgan fingerprint density at radius 1 is 1.00 bits per heavy atom. The molecule has 0 unspecified atom stereocenters. The van der Waals surface area contributed by atoms with E-state index in [1.807, 2.05) is 45.9 Å². The van der Waals surface area contributed by atoms with Crippen molar-refractivity contribution in [2.24, 2.45) is 0 Å². The highest BCUT2D eigenvalue weighted by atomic mass is 32.2. The summed E-state index contributed by atoms with van der Waals surface area (Å²) < 4.78 is 38.5. The van der Waals surface area contributed by atoms with E-state index in [0.717, 1.165) is 16.7 Å². The first-order valence-corrected chi connectivity index (χ1v) is 12.1. The van der Waals surface area contributed by atoms with E-state index in [2.05, 4.69) is 15.5 Å². The van der Waals surface area contributed by atoms with Crippen molar-refractivity contribution < 1.29 is 22.4 Å². The molecule has 1 fully saturated rings. The molecule has 1 amide bonds. The van der Waals surface area contributed by atoms with Crippen LogP contribution >= 0.6 is 0 Å². The Balaban J connectivity index is 1.46. The van der Waals surface area contributed by atoms with Gasteiger partial charge in [-0.05, 0) is 75.2 Å². The minimum atomic E-state index is -3.68. The number of benzene rings is 2. The summed E-state index contributed by atoms with van der Waals surface area (Å²) in [6.45, 7) is 8.26. The van der Waals surface area contributed by atoms with E-state index in [4.69, 9.17) is 9.15 Å². The van der Waals surface area contributed by atoms with Gasteiger partial charge >= 0.3 is 6.01 Å². The predicted octanol–water partition coefficient (Wildman–Crippen LogP) is 3.40. The van der Waals surface area contributed by atoms with Crippen LogP contribution in [0.5, 0.6) is 0 Å². The van der Waals surface area contributed by atoms with E-state index in [1.165, 1.54) is 28.6 Å².